The monoisotopic (exact) mass is 327 g/mol. The van der Waals surface area contributed by atoms with Crippen LogP contribution in [-0.2, 0) is 0 Å². The number of fused-ring (bicyclic) bond motifs is 1. The molecule has 0 radical (unpaired) electrons. The van der Waals surface area contributed by atoms with E-state index in [4.69, 9.17) is 4.74 Å². The highest BCUT2D eigenvalue weighted by Gasteiger charge is 2.39. The van der Waals surface area contributed by atoms with E-state index in [1.165, 1.54) is 0 Å². The number of nitrogens with zero attached hydrogens (tertiary/aromatic N) is 4. The van der Waals surface area contributed by atoms with Gasteiger partial charge in [-0.15, -0.1) is 0 Å². The highest BCUT2D eigenvalue weighted by molar-refractivity contribution is 5.95. The van der Waals surface area contributed by atoms with Gasteiger partial charge in [-0.2, -0.15) is 0 Å². The van der Waals surface area contributed by atoms with Gasteiger partial charge in [-0.1, -0.05) is 0 Å². The number of aromatic nitrogens is 2. The molecule has 0 bridgehead atoms. The van der Waals surface area contributed by atoms with Crippen molar-refractivity contribution >= 4 is 11.7 Å². The predicted molar refractivity (Wildman–Crippen MR) is 91.0 cm³/mol. The Hall–Kier alpha value is -2.54. The van der Waals surface area contributed by atoms with E-state index in [0.717, 1.165) is 42.5 Å². The van der Waals surface area contributed by atoms with Crippen molar-refractivity contribution in [2.24, 2.45) is 0 Å². The lowest BCUT2D eigenvalue weighted by molar-refractivity contribution is 0.193. The van der Waals surface area contributed by atoms with Crippen molar-refractivity contribution in [2.75, 3.05) is 38.2 Å². The molecule has 1 unspecified atom stereocenters. The van der Waals surface area contributed by atoms with Gasteiger partial charge in [-0.25, -0.2) is 9.78 Å². The molecule has 7 nitrogen and oxygen atoms in total. The molecule has 24 heavy (non-hydrogen) atoms. The molecule has 0 aliphatic carbocycles. The molecule has 0 saturated carbocycles. The number of rotatable bonds is 3. The van der Waals surface area contributed by atoms with Crippen LogP contribution in [0.25, 0.3) is 5.69 Å². The molecule has 7 heteroatoms. The molecule has 2 fully saturated rings. The van der Waals surface area contributed by atoms with Crippen LogP contribution in [0.4, 0.5) is 10.5 Å². The topological polar surface area (TPSA) is 62.6 Å². The Labute approximate surface area is 140 Å². The van der Waals surface area contributed by atoms with Crippen LogP contribution in [0.2, 0.25) is 0 Å². The van der Waals surface area contributed by atoms with Crippen molar-refractivity contribution in [3.63, 3.8) is 0 Å². The lowest BCUT2D eigenvalue weighted by Crippen LogP contribution is -2.49. The standard InChI is InChI=1S/C17H21N5O2/c1-12-9-20(11-19-12)15-4-3-13(7-16(15)24-2)22-10-14-8-18-5-6-21(14)17(22)23/h3-4,7,9,11,14,18H,5-6,8,10H2,1-2H3. The van der Waals surface area contributed by atoms with Crippen LogP contribution in [0.5, 0.6) is 5.75 Å². The second kappa shape index (κ2) is 5.83. The number of anilines is 1. The van der Waals surface area contributed by atoms with E-state index >= 15 is 0 Å². The summed E-state index contributed by atoms with van der Waals surface area (Å²) in [7, 11) is 1.64. The smallest absolute Gasteiger partial charge is 0.324 e. The fourth-order valence-electron chi connectivity index (χ4n) is 3.44. The van der Waals surface area contributed by atoms with E-state index in [1.54, 1.807) is 13.4 Å². The van der Waals surface area contributed by atoms with Gasteiger partial charge in [0.1, 0.15) is 5.75 Å². The zero-order valence-corrected chi connectivity index (χ0v) is 13.9. The average molecular weight is 327 g/mol. The number of methoxy groups -OCH3 is 1. The normalized spacial score (nSPS) is 20.4. The van der Waals surface area contributed by atoms with E-state index < -0.39 is 0 Å². The summed E-state index contributed by atoms with van der Waals surface area (Å²) in [5.41, 5.74) is 2.72. The number of urea groups is 1. The van der Waals surface area contributed by atoms with Crippen LogP contribution in [0.1, 0.15) is 5.69 Å². The predicted octanol–water partition coefficient (Wildman–Crippen LogP) is 1.40. The SMILES string of the molecule is COc1cc(N2CC3CNCCN3C2=O)ccc1-n1cnc(C)c1. The number of aryl methyl sites for hydroxylation is 1. The Balaban J connectivity index is 1.66. The zero-order valence-electron chi connectivity index (χ0n) is 13.9. The maximum atomic E-state index is 12.7. The third-order valence-electron chi connectivity index (χ3n) is 4.68. The van der Waals surface area contributed by atoms with E-state index in [2.05, 4.69) is 10.3 Å². The molecule has 1 N–H and O–H groups in total. The Morgan fingerprint density at radius 3 is 2.96 bits per heavy atom. The van der Waals surface area contributed by atoms with Crippen LogP contribution >= 0.6 is 0 Å². The van der Waals surface area contributed by atoms with Crippen LogP contribution in [0.3, 0.4) is 0 Å². The van der Waals surface area contributed by atoms with Crippen LogP contribution in [-0.4, -0.2) is 59.8 Å². The van der Waals surface area contributed by atoms with Crippen molar-refractivity contribution < 1.29 is 9.53 Å². The van der Waals surface area contributed by atoms with Crippen LogP contribution < -0.4 is 15.0 Å². The quantitative estimate of drug-likeness (QED) is 0.926. The molecule has 4 rings (SSSR count). The highest BCUT2D eigenvalue weighted by atomic mass is 16.5. The second-order valence-corrected chi connectivity index (χ2v) is 6.22. The minimum absolute atomic E-state index is 0.0785. The van der Waals surface area contributed by atoms with E-state index in [-0.39, 0.29) is 12.1 Å². The zero-order chi connectivity index (χ0) is 16.7. The maximum absolute atomic E-state index is 12.7. The molecule has 2 aromatic rings. The number of piperazine rings is 1. The molecule has 2 aliphatic heterocycles. The summed E-state index contributed by atoms with van der Waals surface area (Å²) in [4.78, 5) is 20.7. The largest absolute Gasteiger partial charge is 0.494 e. The molecule has 2 amide bonds. The lowest BCUT2D eigenvalue weighted by Gasteiger charge is -2.28. The summed E-state index contributed by atoms with van der Waals surface area (Å²) in [5.74, 6) is 0.723. The van der Waals surface area contributed by atoms with E-state index in [9.17, 15) is 4.79 Å². The van der Waals surface area contributed by atoms with Crippen LogP contribution in [0, 0.1) is 6.92 Å². The van der Waals surface area contributed by atoms with Crippen molar-refractivity contribution in [3.8, 4) is 11.4 Å². The van der Waals surface area contributed by atoms with Gasteiger partial charge in [0.05, 0.1) is 30.9 Å². The van der Waals surface area contributed by atoms with Crippen LogP contribution in [0.15, 0.2) is 30.7 Å². The van der Waals surface area contributed by atoms with Gasteiger partial charge in [-0.05, 0) is 19.1 Å². The molecule has 2 saturated heterocycles. The first-order chi connectivity index (χ1) is 11.7. The summed E-state index contributed by atoms with van der Waals surface area (Å²) >= 11 is 0. The number of benzene rings is 1. The number of hydrogen-bond acceptors (Lipinski definition) is 4. The fraction of sp³-hybridized carbons (Fsp3) is 0.412. The first kappa shape index (κ1) is 15.0. The molecule has 126 valence electrons. The molecule has 1 atom stereocenters. The van der Waals surface area contributed by atoms with Crippen molar-refractivity contribution in [3.05, 3.63) is 36.4 Å². The summed E-state index contributed by atoms with van der Waals surface area (Å²) in [6, 6.07) is 6.19. The minimum Gasteiger partial charge on any atom is -0.494 e. The highest BCUT2D eigenvalue weighted by Crippen LogP contribution is 2.31. The third kappa shape index (κ3) is 2.41. The van der Waals surface area contributed by atoms with E-state index in [1.807, 2.05) is 45.7 Å². The third-order valence-corrected chi connectivity index (χ3v) is 4.68. The Bertz CT molecular complexity index is 772. The summed E-state index contributed by atoms with van der Waals surface area (Å²) < 4.78 is 7.48. The van der Waals surface area contributed by atoms with Crippen molar-refractivity contribution in [1.29, 1.82) is 0 Å². The Morgan fingerprint density at radius 2 is 2.25 bits per heavy atom. The lowest BCUT2D eigenvalue weighted by atomic mass is 10.2. The van der Waals surface area contributed by atoms with Gasteiger partial charge in [0.25, 0.3) is 0 Å². The number of hydrogen-bond donors (Lipinski definition) is 1. The molecule has 3 heterocycles. The van der Waals surface area contributed by atoms with Gasteiger partial charge in [0.2, 0.25) is 0 Å². The van der Waals surface area contributed by atoms with Crippen molar-refractivity contribution in [2.45, 2.75) is 13.0 Å². The molecule has 0 spiro atoms. The van der Waals surface area contributed by atoms with Gasteiger partial charge in [0.15, 0.2) is 0 Å². The molecule has 1 aromatic heterocycles. The summed E-state index contributed by atoms with van der Waals surface area (Å²) in [5, 5.41) is 3.35. The number of amides is 2. The first-order valence-corrected chi connectivity index (χ1v) is 8.15. The molecule has 2 aliphatic rings. The number of nitrogens with one attached hydrogen (secondary N) is 1. The summed E-state index contributed by atoms with van der Waals surface area (Å²) in [6.07, 6.45) is 3.71. The Kier molecular flexibility index (Phi) is 3.65. The fourth-order valence-corrected chi connectivity index (χ4v) is 3.44. The number of carbonyl (C=O) groups excluding carboxylic acids is 1. The minimum atomic E-state index is 0.0785. The average Bonchev–Trinajstić information content (AvgIpc) is 3.18. The summed E-state index contributed by atoms with van der Waals surface area (Å²) in [6.45, 7) is 5.14. The molecule has 1 aromatic carbocycles. The molecular weight excluding hydrogens is 306 g/mol. The van der Waals surface area contributed by atoms with E-state index in [0.29, 0.717) is 6.54 Å². The van der Waals surface area contributed by atoms with Gasteiger partial charge in [-0.3, -0.25) is 4.90 Å². The van der Waals surface area contributed by atoms with Gasteiger partial charge < -0.3 is 19.5 Å². The Morgan fingerprint density at radius 1 is 1.38 bits per heavy atom. The number of imidazole rings is 1. The first-order valence-electron chi connectivity index (χ1n) is 8.15. The molecular formula is C17H21N5O2. The maximum Gasteiger partial charge on any atom is 0.324 e. The second-order valence-electron chi connectivity index (χ2n) is 6.22. The number of carbonyl (C=O) groups is 1. The van der Waals surface area contributed by atoms with Gasteiger partial charge in [0, 0.05) is 44.1 Å². The van der Waals surface area contributed by atoms with Crippen molar-refractivity contribution in [1.82, 2.24) is 19.8 Å². The van der Waals surface area contributed by atoms with Gasteiger partial charge >= 0.3 is 6.03 Å². The number of ether oxygens (including phenoxy) is 1.